The van der Waals surface area contributed by atoms with Crippen molar-refractivity contribution in [3.63, 3.8) is 0 Å². The maximum atomic E-state index is 13.3. The van der Waals surface area contributed by atoms with E-state index in [9.17, 15) is 8.42 Å². The first kappa shape index (κ1) is 21.6. The first-order chi connectivity index (χ1) is 13.9. The van der Waals surface area contributed by atoms with Crippen LogP contribution in [-0.2, 0) is 14.8 Å². The Morgan fingerprint density at radius 2 is 1.76 bits per heavy atom. The van der Waals surface area contributed by atoms with E-state index in [2.05, 4.69) is 4.72 Å². The third kappa shape index (κ3) is 5.48. The summed E-state index contributed by atoms with van der Waals surface area (Å²) < 4.78 is 45.4. The maximum Gasteiger partial charge on any atom is 0.245 e. The van der Waals surface area contributed by atoms with Gasteiger partial charge in [-0.2, -0.15) is 4.72 Å². The van der Waals surface area contributed by atoms with Gasteiger partial charge in [0.2, 0.25) is 10.0 Å². The zero-order valence-corrected chi connectivity index (χ0v) is 17.9. The molecule has 2 N–H and O–H groups in total. The molecule has 2 aromatic carbocycles. The minimum Gasteiger partial charge on any atom is -0.497 e. The first-order valence-corrected chi connectivity index (χ1v) is 11.1. The van der Waals surface area contributed by atoms with Gasteiger partial charge in [-0.15, -0.1) is 0 Å². The lowest BCUT2D eigenvalue weighted by Crippen LogP contribution is -3.14. The molecule has 1 saturated heterocycles. The van der Waals surface area contributed by atoms with Gasteiger partial charge in [0.1, 0.15) is 29.5 Å². The fourth-order valence-corrected chi connectivity index (χ4v) is 4.83. The number of ether oxygens (including phenoxy) is 3. The second-order valence-electron chi connectivity index (χ2n) is 7.17. The van der Waals surface area contributed by atoms with Crippen molar-refractivity contribution in [3.8, 4) is 11.5 Å². The molecule has 3 rings (SSSR count). The van der Waals surface area contributed by atoms with Crippen LogP contribution in [0.5, 0.6) is 11.5 Å². The van der Waals surface area contributed by atoms with Gasteiger partial charge < -0.3 is 19.1 Å². The van der Waals surface area contributed by atoms with E-state index in [0.29, 0.717) is 25.5 Å². The number of hydrogen-bond acceptors (Lipinski definition) is 5. The second-order valence-corrected chi connectivity index (χ2v) is 8.85. The summed E-state index contributed by atoms with van der Waals surface area (Å²) in [6.45, 7) is 5.73. The summed E-state index contributed by atoms with van der Waals surface area (Å²) in [5, 5.41) is 0. The van der Waals surface area contributed by atoms with Crippen LogP contribution >= 0.6 is 0 Å². The molecular formula is C21H29N2O5S+. The zero-order chi connectivity index (χ0) is 20.9. The van der Waals surface area contributed by atoms with Gasteiger partial charge in [-0.25, -0.2) is 8.42 Å². The predicted octanol–water partition coefficient (Wildman–Crippen LogP) is 0.947. The predicted molar refractivity (Wildman–Crippen MR) is 110 cm³/mol. The minimum absolute atomic E-state index is 0.0634. The van der Waals surface area contributed by atoms with Crippen molar-refractivity contribution >= 4 is 10.0 Å². The van der Waals surface area contributed by atoms with Gasteiger partial charge in [-0.05, 0) is 24.6 Å². The Morgan fingerprint density at radius 1 is 1.07 bits per heavy atom. The zero-order valence-electron chi connectivity index (χ0n) is 17.1. The van der Waals surface area contributed by atoms with Crippen molar-refractivity contribution in [3.05, 3.63) is 53.6 Å². The van der Waals surface area contributed by atoms with Crippen LogP contribution in [0.4, 0.5) is 0 Å². The van der Waals surface area contributed by atoms with Crippen LogP contribution in [0, 0.1) is 6.92 Å². The number of morpholine rings is 1. The van der Waals surface area contributed by atoms with E-state index in [0.717, 1.165) is 24.2 Å². The van der Waals surface area contributed by atoms with Crippen LogP contribution in [-0.4, -0.2) is 55.5 Å². The van der Waals surface area contributed by atoms with Gasteiger partial charge in [-0.1, -0.05) is 29.8 Å². The Morgan fingerprint density at radius 3 is 2.38 bits per heavy atom. The summed E-state index contributed by atoms with van der Waals surface area (Å²) in [5.41, 5.74) is 2.06. The monoisotopic (exact) mass is 421 g/mol. The smallest absolute Gasteiger partial charge is 0.245 e. The molecule has 1 aliphatic rings. The van der Waals surface area contributed by atoms with Crippen LogP contribution in [0.1, 0.15) is 17.2 Å². The summed E-state index contributed by atoms with van der Waals surface area (Å²) in [5.74, 6) is 0.733. The molecule has 29 heavy (non-hydrogen) atoms. The lowest BCUT2D eigenvalue weighted by molar-refractivity contribution is -0.909. The maximum absolute atomic E-state index is 13.3. The quantitative estimate of drug-likeness (QED) is 0.664. The van der Waals surface area contributed by atoms with E-state index in [1.54, 1.807) is 12.1 Å². The Labute approximate surface area is 172 Å². The van der Waals surface area contributed by atoms with E-state index in [1.165, 1.54) is 25.2 Å². The molecule has 0 amide bonds. The molecule has 0 radical (unpaired) electrons. The largest absolute Gasteiger partial charge is 0.497 e. The van der Waals surface area contributed by atoms with E-state index in [4.69, 9.17) is 14.2 Å². The molecule has 0 saturated carbocycles. The average molecular weight is 422 g/mol. The molecule has 2 aromatic rings. The highest BCUT2D eigenvalue weighted by Crippen LogP contribution is 2.29. The molecule has 0 unspecified atom stereocenters. The van der Waals surface area contributed by atoms with Crippen molar-refractivity contribution in [2.45, 2.75) is 17.9 Å². The van der Waals surface area contributed by atoms with Gasteiger partial charge in [0.25, 0.3) is 0 Å². The highest BCUT2D eigenvalue weighted by atomic mass is 32.2. The topological polar surface area (TPSA) is 78.3 Å². The lowest BCUT2D eigenvalue weighted by atomic mass is 10.1. The summed E-state index contributed by atoms with van der Waals surface area (Å²) in [6.07, 6.45) is 0. The number of nitrogens with one attached hydrogen (secondary N) is 2. The van der Waals surface area contributed by atoms with Crippen LogP contribution in [0.3, 0.4) is 0 Å². The lowest BCUT2D eigenvalue weighted by Gasteiger charge is -2.28. The molecule has 0 bridgehead atoms. The number of quaternary nitrogens is 1. The van der Waals surface area contributed by atoms with Crippen molar-refractivity contribution in [2.75, 3.05) is 47.1 Å². The minimum atomic E-state index is -3.84. The van der Waals surface area contributed by atoms with Gasteiger partial charge >= 0.3 is 0 Å². The van der Waals surface area contributed by atoms with Crippen LogP contribution < -0.4 is 19.1 Å². The van der Waals surface area contributed by atoms with Crippen molar-refractivity contribution in [1.29, 1.82) is 0 Å². The van der Waals surface area contributed by atoms with E-state index in [-0.39, 0.29) is 16.7 Å². The third-order valence-corrected chi connectivity index (χ3v) is 6.62. The Kier molecular flexibility index (Phi) is 7.13. The fraction of sp³-hybridized carbons (Fsp3) is 0.429. The number of rotatable bonds is 8. The van der Waals surface area contributed by atoms with Gasteiger partial charge in [0.15, 0.2) is 0 Å². The molecule has 158 valence electrons. The highest BCUT2D eigenvalue weighted by Gasteiger charge is 2.29. The number of aryl methyl sites for hydroxylation is 1. The number of hydrogen-bond donors (Lipinski definition) is 2. The van der Waals surface area contributed by atoms with E-state index < -0.39 is 10.0 Å². The molecule has 1 aliphatic heterocycles. The molecule has 8 heteroatoms. The molecular weight excluding hydrogens is 392 g/mol. The van der Waals surface area contributed by atoms with Gasteiger partial charge in [0, 0.05) is 6.07 Å². The Bertz CT molecular complexity index is 909. The van der Waals surface area contributed by atoms with Gasteiger partial charge in [0.05, 0.1) is 40.0 Å². The third-order valence-electron chi connectivity index (χ3n) is 5.13. The van der Waals surface area contributed by atoms with Crippen LogP contribution in [0.2, 0.25) is 0 Å². The Hall–Kier alpha value is -2.13. The summed E-state index contributed by atoms with van der Waals surface area (Å²) >= 11 is 0. The number of benzene rings is 2. The summed E-state index contributed by atoms with van der Waals surface area (Å²) in [7, 11) is -0.886. The average Bonchev–Trinajstić information content (AvgIpc) is 2.74. The second kappa shape index (κ2) is 9.58. The molecule has 1 heterocycles. The molecule has 1 atom stereocenters. The van der Waals surface area contributed by atoms with Crippen molar-refractivity contribution < 1.29 is 27.5 Å². The Balaban J connectivity index is 1.92. The van der Waals surface area contributed by atoms with Crippen molar-refractivity contribution in [1.82, 2.24) is 4.72 Å². The van der Waals surface area contributed by atoms with Crippen LogP contribution in [0.25, 0.3) is 0 Å². The highest BCUT2D eigenvalue weighted by molar-refractivity contribution is 7.89. The van der Waals surface area contributed by atoms with E-state index >= 15 is 0 Å². The molecule has 0 aromatic heterocycles. The number of sulfonamides is 1. The number of methoxy groups -OCH3 is 2. The van der Waals surface area contributed by atoms with Crippen molar-refractivity contribution in [2.24, 2.45) is 0 Å². The van der Waals surface area contributed by atoms with E-state index in [1.807, 2.05) is 31.2 Å². The molecule has 7 nitrogen and oxygen atoms in total. The standard InChI is InChI=1S/C21H28N2O5S/c1-16-4-6-17(7-5-16)19(15-23-10-12-28-13-11-23)22-29(24,25)21-14-18(26-2)8-9-20(21)27-3/h4-9,14,19,22H,10-13,15H2,1-3H3/p+1/t19-/m0/s1. The fourth-order valence-electron chi connectivity index (χ4n) is 3.42. The first-order valence-electron chi connectivity index (χ1n) is 9.65. The molecule has 0 spiro atoms. The van der Waals surface area contributed by atoms with Gasteiger partial charge in [-0.3, -0.25) is 0 Å². The normalized spacial score (nSPS) is 16.4. The molecule has 0 aliphatic carbocycles. The SMILES string of the molecule is COc1ccc(OC)c(S(=O)(=O)N[C@@H](C[NH+]2CCOCC2)c2ccc(C)cc2)c1. The molecule has 1 fully saturated rings. The summed E-state index contributed by atoms with van der Waals surface area (Å²) in [4.78, 5) is 1.37. The van der Waals surface area contributed by atoms with Crippen LogP contribution in [0.15, 0.2) is 47.4 Å². The summed E-state index contributed by atoms with van der Waals surface area (Å²) in [6, 6.07) is 12.3.